The smallest absolute Gasteiger partial charge is 0.315 e. The quantitative estimate of drug-likeness (QED) is 0.806. The average Bonchev–Trinajstić information content (AvgIpc) is 3.07. The highest BCUT2D eigenvalue weighted by atomic mass is 16.4. The van der Waals surface area contributed by atoms with Crippen LogP contribution in [0.2, 0.25) is 0 Å². The Morgan fingerprint density at radius 3 is 2.64 bits per heavy atom. The van der Waals surface area contributed by atoms with Crippen molar-refractivity contribution in [1.29, 1.82) is 0 Å². The molecule has 0 radical (unpaired) electrons. The zero-order chi connectivity index (χ0) is 17.7. The van der Waals surface area contributed by atoms with E-state index < -0.39 is 11.4 Å². The number of nitrogens with zero attached hydrogens (tertiary/aromatic N) is 3. The van der Waals surface area contributed by atoms with Gasteiger partial charge in [0, 0.05) is 44.1 Å². The van der Waals surface area contributed by atoms with Crippen LogP contribution in [0.4, 0.5) is 5.95 Å². The van der Waals surface area contributed by atoms with Gasteiger partial charge in [-0.25, -0.2) is 9.97 Å². The van der Waals surface area contributed by atoms with E-state index in [1.807, 2.05) is 42.7 Å². The van der Waals surface area contributed by atoms with Crippen LogP contribution in [0.3, 0.4) is 0 Å². The molecule has 1 fully saturated rings. The van der Waals surface area contributed by atoms with E-state index in [0.717, 1.165) is 30.6 Å². The van der Waals surface area contributed by atoms with Gasteiger partial charge in [0.05, 0.1) is 0 Å². The SMILES string of the molecule is CCCNc1ncc(CN2CCC(C(=O)O)(c3ccccc3)C2)cn1. The molecule has 132 valence electrons. The summed E-state index contributed by atoms with van der Waals surface area (Å²) in [7, 11) is 0. The van der Waals surface area contributed by atoms with Gasteiger partial charge in [-0.05, 0) is 18.4 Å². The molecule has 1 aliphatic heterocycles. The fourth-order valence-corrected chi connectivity index (χ4v) is 3.34. The number of carbonyl (C=O) groups is 1. The minimum Gasteiger partial charge on any atom is -0.481 e. The van der Waals surface area contributed by atoms with Gasteiger partial charge in [0.15, 0.2) is 0 Å². The number of aliphatic carboxylic acids is 1. The Morgan fingerprint density at radius 2 is 2.00 bits per heavy atom. The maximum Gasteiger partial charge on any atom is 0.315 e. The molecule has 0 bridgehead atoms. The Hall–Kier alpha value is -2.47. The van der Waals surface area contributed by atoms with E-state index in [2.05, 4.69) is 27.1 Å². The van der Waals surface area contributed by atoms with Crippen molar-refractivity contribution in [1.82, 2.24) is 14.9 Å². The van der Waals surface area contributed by atoms with Crippen LogP contribution in [0.5, 0.6) is 0 Å². The number of nitrogens with one attached hydrogen (secondary N) is 1. The molecule has 2 N–H and O–H groups in total. The van der Waals surface area contributed by atoms with E-state index in [0.29, 0.717) is 25.5 Å². The third-order valence-corrected chi connectivity index (χ3v) is 4.73. The molecular weight excluding hydrogens is 316 g/mol. The number of anilines is 1. The second-order valence-electron chi connectivity index (χ2n) is 6.56. The van der Waals surface area contributed by atoms with E-state index in [-0.39, 0.29) is 0 Å². The van der Waals surface area contributed by atoms with Gasteiger partial charge in [-0.3, -0.25) is 9.69 Å². The molecule has 6 nitrogen and oxygen atoms in total. The van der Waals surface area contributed by atoms with Crippen molar-refractivity contribution in [2.45, 2.75) is 31.7 Å². The zero-order valence-electron chi connectivity index (χ0n) is 14.5. The molecule has 2 heterocycles. The normalized spacial score (nSPS) is 20.5. The Morgan fingerprint density at radius 1 is 1.28 bits per heavy atom. The lowest BCUT2D eigenvalue weighted by Gasteiger charge is -2.25. The van der Waals surface area contributed by atoms with Crippen molar-refractivity contribution in [3.8, 4) is 0 Å². The molecule has 3 rings (SSSR count). The first kappa shape index (κ1) is 17.4. The monoisotopic (exact) mass is 340 g/mol. The van der Waals surface area contributed by atoms with Gasteiger partial charge < -0.3 is 10.4 Å². The number of carboxylic acid groups (broad SMARTS) is 1. The molecule has 0 amide bonds. The summed E-state index contributed by atoms with van der Waals surface area (Å²) in [6.07, 6.45) is 5.27. The van der Waals surface area contributed by atoms with Crippen molar-refractivity contribution < 1.29 is 9.90 Å². The summed E-state index contributed by atoms with van der Waals surface area (Å²) >= 11 is 0. The Balaban J connectivity index is 1.68. The number of rotatable bonds is 7. The van der Waals surface area contributed by atoms with Crippen LogP contribution in [0.1, 0.15) is 30.9 Å². The first-order chi connectivity index (χ1) is 12.1. The van der Waals surface area contributed by atoms with Crippen LogP contribution >= 0.6 is 0 Å². The van der Waals surface area contributed by atoms with Crippen LogP contribution < -0.4 is 5.32 Å². The van der Waals surface area contributed by atoms with Gasteiger partial charge in [0.25, 0.3) is 0 Å². The van der Waals surface area contributed by atoms with Crippen molar-refractivity contribution in [3.05, 3.63) is 53.9 Å². The molecule has 1 saturated heterocycles. The van der Waals surface area contributed by atoms with E-state index in [4.69, 9.17) is 0 Å². The van der Waals surface area contributed by atoms with Gasteiger partial charge in [0.1, 0.15) is 5.41 Å². The van der Waals surface area contributed by atoms with Gasteiger partial charge in [-0.2, -0.15) is 0 Å². The molecule has 25 heavy (non-hydrogen) atoms. The first-order valence-corrected chi connectivity index (χ1v) is 8.70. The molecule has 1 unspecified atom stereocenters. The number of aromatic nitrogens is 2. The third kappa shape index (κ3) is 3.79. The van der Waals surface area contributed by atoms with E-state index in [1.165, 1.54) is 0 Å². The van der Waals surface area contributed by atoms with E-state index in [1.54, 1.807) is 0 Å². The molecule has 1 aromatic heterocycles. The lowest BCUT2D eigenvalue weighted by atomic mass is 9.80. The highest BCUT2D eigenvalue weighted by Gasteiger charge is 2.46. The summed E-state index contributed by atoms with van der Waals surface area (Å²) in [5, 5.41) is 13.0. The second-order valence-corrected chi connectivity index (χ2v) is 6.56. The fraction of sp³-hybridized carbons (Fsp3) is 0.421. The highest BCUT2D eigenvalue weighted by Crippen LogP contribution is 2.35. The van der Waals surface area contributed by atoms with E-state index >= 15 is 0 Å². The molecule has 1 atom stereocenters. The number of carboxylic acids is 1. The average molecular weight is 340 g/mol. The fourth-order valence-electron chi connectivity index (χ4n) is 3.34. The maximum absolute atomic E-state index is 12.0. The number of benzene rings is 1. The molecule has 0 saturated carbocycles. The minimum absolute atomic E-state index is 0.502. The molecule has 2 aromatic rings. The number of hydrogen-bond acceptors (Lipinski definition) is 5. The predicted octanol–water partition coefficient (Wildman–Crippen LogP) is 2.53. The van der Waals surface area contributed by atoms with Crippen LogP contribution in [0.15, 0.2) is 42.7 Å². The summed E-state index contributed by atoms with van der Waals surface area (Å²) in [6.45, 7) is 4.86. The molecule has 1 aliphatic rings. The first-order valence-electron chi connectivity index (χ1n) is 8.70. The minimum atomic E-state index is -0.829. The lowest BCUT2D eigenvalue weighted by molar-refractivity contribution is -0.143. The Bertz CT molecular complexity index is 705. The standard InChI is InChI=1S/C19H24N4O2/c1-2-9-20-18-21-11-15(12-22-18)13-23-10-8-19(14-23,17(24)25)16-6-4-3-5-7-16/h3-7,11-12H,2,8-10,13-14H2,1H3,(H,24,25)(H,20,21,22). The highest BCUT2D eigenvalue weighted by molar-refractivity contribution is 5.82. The van der Waals surface area contributed by atoms with Gasteiger partial charge in [0.2, 0.25) is 5.95 Å². The number of hydrogen-bond donors (Lipinski definition) is 2. The molecule has 0 aliphatic carbocycles. The van der Waals surface area contributed by atoms with Crippen LogP contribution in [-0.2, 0) is 16.8 Å². The van der Waals surface area contributed by atoms with Crippen molar-refractivity contribution in [2.75, 3.05) is 25.0 Å². The van der Waals surface area contributed by atoms with Crippen molar-refractivity contribution in [3.63, 3.8) is 0 Å². The summed E-state index contributed by atoms with van der Waals surface area (Å²) in [5.74, 6) is -0.118. The third-order valence-electron chi connectivity index (χ3n) is 4.73. The summed E-state index contributed by atoms with van der Waals surface area (Å²) in [6, 6.07) is 9.54. The molecule has 6 heteroatoms. The summed E-state index contributed by atoms with van der Waals surface area (Å²) in [4.78, 5) is 22.8. The second kappa shape index (κ2) is 7.61. The van der Waals surface area contributed by atoms with Crippen molar-refractivity contribution >= 4 is 11.9 Å². The van der Waals surface area contributed by atoms with Gasteiger partial charge in [-0.1, -0.05) is 37.3 Å². The molecule has 0 spiro atoms. The van der Waals surface area contributed by atoms with Gasteiger partial charge >= 0.3 is 5.97 Å². The maximum atomic E-state index is 12.0. The van der Waals surface area contributed by atoms with Crippen molar-refractivity contribution in [2.24, 2.45) is 0 Å². The van der Waals surface area contributed by atoms with Gasteiger partial charge in [-0.15, -0.1) is 0 Å². The van der Waals surface area contributed by atoms with E-state index in [9.17, 15) is 9.90 Å². The predicted molar refractivity (Wildman–Crippen MR) is 96.5 cm³/mol. The Kier molecular flexibility index (Phi) is 5.28. The summed E-state index contributed by atoms with van der Waals surface area (Å²) < 4.78 is 0. The van der Waals surface area contributed by atoms with Crippen LogP contribution in [0.25, 0.3) is 0 Å². The zero-order valence-corrected chi connectivity index (χ0v) is 14.5. The molecular formula is C19H24N4O2. The van der Waals surface area contributed by atoms with Crippen LogP contribution in [-0.4, -0.2) is 45.6 Å². The topological polar surface area (TPSA) is 78.4 Å². The van der Waals surface area contributed by atoms with Crippen LogP contribution in [0, 0.1) is 0 Å². The lowest BCUT2D eigenvalue weighted by Crippen LogP contribution is -2.38. The largest absolute Gasteiger partial charge is 0.481 e. The molecule has 1 aromatic carbocycles. The Labute approximate surface area is 147 Å². The number of likely N-dealkylation sites (tertiary alicyclic amines) is 1. The summed E-state index contributed by atoms with van der Waals surface area (Å²) in [5.41, 5.74) is 1.04.